The summed E-state index contributed by atoms with van der Waals surface area (Å²) >= 11 is 0. The van der Waals surface area contributed by atoms with E-state index >= 15 is 0 Å². The lowest BCUT2D eigenvalue weighted by Crippen LogP contribution is 0.143. The van der Waals surface area contributed by atoms with Gasteiger partial charge in [0.05, 0.1) is 0 Å². The fourth-order valence-electron chi connectivity index (χ4n) is 0. The van der Waals surface area contributed by atoms with E-state index in [1.54, 1.807) is 0 Å². The van der Waals surface area contributed by atoms with Crippen molar-refractivity contribution in [3.05, 3.63) is 0 Å². The van der Waals surface area contributed by atoms with E-state index in [2.05, 4.69) is 0 Å². The minimum atomic E-state index is 0. The van der Waals surface area contributed by atoms with Gasteiger partial charge in [0.25, 0.3) is 0 Å². The summed E-state index contributed by atoms with van der Waals surface area (Å²) in [5, 5.41) is 0. The van der Waals surface area contributed by atoms with Crippen LogP contribution in [0.25, 0.3) is 0 Å². The monoisotopic (exact) mass is 1410 g/mol. The van der Waals surface area contributed by atoms with Gasteiger partial charge in [-0.25, -0.2) is 0 Å². The number of rotatable bonds is 0. The molecule has 0 saturated carbocycles. The van der Waals surface area contributed by atoms with Gasteiger partial charge in [0.1, 0.15) is 0 Å². The molecule has 0 radical (unpaired) electrons. The van der Waals surface area contributed by atoms with Gasteiger partial charge in [0.2, 0.25) is 0 Å². The zero-order valence-electron chi connectivity index (χ0n) is 0. The number of hydrogen-bond acceptors (Lipinski definition) is 0. The molecule has 0 aromatic carbocycles. The molecule has 702 valence electrons. The topological polar surface area (TPSA) is 0 Å². The van der Waals surface area contributed by atoms with E-state index in [0.29, 0.717) is 0 Å². The van der Waals surface area contributed by atoms with E-state index in [0.717, 1.165) is 0 Å². The first-order chi connectivity index (χ1) is 0. The zero-order valence-corrected chi connectivity index (χ0v) is 0. The van der Waals surface area contributed by atoms with Crippen LogP contribution in [0, 0.1) is 0 Å². The predicted molar refractivity (Wildman–Crippen MR) is 607 cm³/mol. The van der Waals surface area contributed by atoms with Crippen molar-refractivity contribution in [1.29, 1.82) is 0 Å². The van der Waals surface area contributed by atoms with Gasteiger partial charge >= 0.3 is 0 Å². The Morgan fingerprint density at radius 2 is 0.0256 bits per heavy atom. The fraction of sp³-hybridized carbons (Fsp3) is 1.00. The van der Waals surface area contributed by atoms with Crippen molar-refractivity contribution in [2.75, 3.05) is 0 Å². The van der Waals surface area contributed by atoms with Crippen LogP contribution in [0.5, 0.6) is 0 Å². The third-order valence-electron chi connectivity index (χ3n) is 0. The first-order valence-corrected chi connectivity index (χ1v) is 0. The molecule has 0 amide bonds. The molecule has 0 N–H and O–H groups in total. The SMILES string of the molecule is C.C.C.C.C.C.C.C.C.C.C.C.C.C.C.C.C.C.C.C.C.C.C.C.C.C.C.C.C.C.C.C.C.C.C.C.C.C.C.C.C.C.C.C.C.C.C.C.C.C.C.C.C.C.C.C.C.C.C.C.C.C.C.C.C.C.C.C.C.C.C.C.C.C.C.C.C.C.[3HH].[3HH].[3HH].[3HH].[3HH].[3HH].[3HH].[3HH].[3HH].[3HH].[3HH].[3HH].[3HH].[3HH].[3HH].[3HH].[3HH].[3HH].[3HH].[3HH].[3HH].[3HH].[3HH].[3HH].[3HH].[3HH].[3HH].[3HH].[3HH].[3HH].[3HH].[3HH].[3HH].[3HH].[3HH].[3HH].[3HH].[3HH].[3HH]. The Labute approximate surface area is 634 Å². The van der Waals surface area contributed by atoms with E-state index in [9.17, 15) is 0 Å². The first kappa shape index (κ1) is 0. The Hall–Kier alpha value is 0. The highest BCUT2D eigenvalue weighted by atomic mass is 12.1. The van der Waals surface area contributed by atoms with Crippen LogP contribution in [0.15, 0.2) is 0 Å². The van der Waals surface area contributed by atoms with E-state index < -0.39 is 0 Å². The van der Waals surface area contributed by atoms with Crippen LogP contribution in [0.4, 0.5) is 0 Å². The van der Waals surface area contributed by atoms with Crippen LogP contribution in [0.2, 0.25) is 0 Å². The molecular formula is C78H390. The third kappa shape index (κ3) is 0. The molecule has 0 nitrogen and oxygen atoms in total. The lowest BCUT2D eigenvalue weighted by atomic mass is 12.0. The van der Waals surface area contributed by atoms with Crippen molar-refractivity contribution in [1.82, 2.24) is 0 Å². The average Bonchev–Trinajstić information content (AvgIpc) is 0. The fourth-order valence-corrected chi connectivity index (χ4v) is 0. The molecule has 0 atom stereocenters. The maximum atomic E-state index is 0. The summed E-state index contributed by atoms with van der Waals surface area (Å²) in [5.74, 6) is 0. The summed E-state index contributed by atoms with van der Waals surface area (Å²) < 4.78 is 0. The Morgan fingerprint density at radius 1 is 0.0256 bits per heavy atom. The summed E-state index contributed by atoms with van der Waals surface area (Å²) in [6, 6.07) is 0. The van der Waals surface area contributed by atoms with E-state index in [1.165, 1.54) is 0 Å². The maximum absolute atomic E-state index is 0. The summed E-state index contributed by atoms with van der Waals surface area (Å²) in [4.78, 5) is 0. The van der Waals surface area contributed by atoms with Gasteiger partial charge in [-0.15, -0.1) is 0 Å². The molecule has 0 rings (SSSR count). The van der Waals surface area contributed by atoms with Crippen molar-refractivity contribution in [3.63, 3.8) is 0 Å². The quantitative estimate of drug-likeness (QED) is 0.227. The van der Waals surface area contributed by atoms with Gasteiger partial charge in [0.15, 0.2) is 0 Å². The Bertz CT molecular complexity index is 107. The molecule has 0 bridgehead atoms. The highest BCUT2D eigenvalue weighted by Crippen LogP contribution is 0.221. The Kier molecular flexibility index (Phi) is 0. The molecule has 0 saturated heterocycles. The first-order valence-electron chi connectivity index (χ1n) is 0. The average molecular weight is 1410 g/mol. The highest BCUT2D eigenvalue weighted by Gasteiger charge is -0.000558. The van der Waals surface area contributed by atoms with Crippen LogP contribution in [0.3, 0.4) is 0 Å². The zero-order chi connectivity index (χ0) is 0. The second-order valence-electron chi connectivity index (χ2n) is 0. The largest absolute Gasteiger partial charge is 0.0776 e. The predicted octanol–water partition coefficient (Wildman–Crippen LogP) is 59.2. The van der Waals surface area contributed by atoms with Gasteiger partial charge in [-0.1, -0.05) is 579 Å². The molecule has 0 heteroatoms. The van der Waals surface area contributed by atoms with Gasteiger partial charge in [-0.2, -0.15) is 0 Å². The van der Waals surface area contributed by atoms with Crippen molar-refractivity contribution in [2.24, 2.45) is 0 Å². The normalized spacial score (nSPS) is 0. The van der Waals surface area contributed by atoms with Crippen LogP contribution >= 0.6 is 0 Å². The molecule has 0 aromatic heterocycles. The van der Waals surface area contributed by atoms with Crippen LogP contribution in [-0.2, 0) is 0 Å². The standard InChI is InChI=1S/78CH4.39H2/h78*1H4;39*1H/i;;;;;;;;;;;;;;;;;;;;;;;;;;;;;;;;;;;;;;;;;;;;;;;;;;;;;;;;;;;;;;;;;;;;;;;;;;;;;;39*1+2. The molecule has 0 aliphatic carbocycles. The van der Waals surface area contributed by atoms with E-state index in [-0.39, 0.29) is 635 Å². The molecule has 0 aliphatic rings. The third-order valence-corrected chi connectivity index (χ3v) is 0. The molecule has 0 spiro atoms. The summed E-state index contributed by atoms with van der Waals surface area (Å²) in [6.07, 6.45) is 0. The lowest BCUT2D eigenvalue weighted by molar-refractivity contribution is 2.50. The second-order valence-corrected chi connectivity index (χ2v) is 0. The van der Waals surface area contributed by atoms with Gasteiger partial charge in [0, 0.05) is 55.6 Å². The van der Waals surface area contributed by atoms with Gasteiger partial charge in [-0.3, -0.25) is 0 Å². The van der Waals surface area contributed by atoms with Crippen molar-refractivity contribution in [3.8, 4) is 0 Å². The smallest absolute Gasteiger partial charge is 0 e. The van der Waals surface area contributed by atoms with E-state index in [1.807, 2.05) is 0 Å². The Morgan fingerprint density at radius 3 is 0.0256 bits per heavy atom. The molecule has 0 aromatic rings. The second kappa shape index (κ2) is 0. The summed E-state index contributed by atoms with van der Waals surface area (Å²) in [6.45, 7) is 0. The summed E-state index contributed by atoms with van der Waals surface area (Å²) in [7, 11) is 0. The van der Waals surface area contributed by atoms with Gasteiger partial charge < -0.3 is 0 Å². The molecule has 0 fully saturated rings. The highest BCUT2D eigenvalue weighted by molar-refractivity contribution is 2.58. The van der Waals surface area contributed by atoms with Crippen LogP contribution < -0.4 is 0 Å². The molecule has 0 aliphatic heterocycles. The Balaban J connectivity index is 0. The van der Waals surface area contributed by atoms with E-state index in [4.69, 9.17) is 0 Å². The molecular weight excluding hydrogens is 937 g/mol. The molecule has 0 heterocycles. The van der Waals surface area contributed by atoms with Gasteiger partial charge in [-0.05, 0) is 0 Å². The van der Waals surface area contributed by atoms with Crippen molar-refractivity contribution >= 4 is 0 Å². The van der Waals surface area contributed by atoms with Crippen molar-refractivity contribution in [2.45, 2.75) is 579 Å². The maximum Gasteiger partial charge on any atom is 0 e. The van der Waals surface area contributed by atoms with Crippen LogP contribution in [0.1, 0.15) is 635 Å². The van der Waals surface area contributed by atoms with Crippen LogP contribution in [-0.4, -0.2) is 0 Å². The minimum Gasteiger partial charge on any atom is -0.0776 e. The molecule has 78 heavy (non-hydrogen) atoms. The molecule has 0 unspecified atom stereocenters. The number of hydrogen-bond donors (Lipinski definition) is 0. The minimum absolute atomic E-state index is 0. The van der Waals surface area contributed by atoms with Crippen molar-refractivity contribution < 1.29 is 55.6 Å². The lowest BCUT2D eigenvalue weighted by Gasteiger charge is -0.0786. The summed E-state index contributed by atoms with van der Waals surface area (Å²) in [5.41, 5.74) is 0.